The molecule has 0 aromatic heterocycles. The number of nitrogens with zero attached hydrogens (tertiary/aromatic N) is 3. The molecule has 0 aliphatic carbocycles. The second kappa shape index (κ2) is 8.87. The lowest BCUT2D eigenvalue weighted by molar-refractivity contribution is -0.132. The standard InChI is InChI=1S/C21H33N3O2/c1-17-15-22(2)12-13-24(17)16-19-8-10-23(11-9-19)21(25)14-18-4-6-20(26-3)7-5-18/h4-7,17,19H,8-16H2,1-3H3/t17-/m1/s1. The van der Waals surface area contributed by atoms with E-state index in [9.17, 15) is 4.79 Å². The Morgan fingerprint density at radius 3 is 2.42 bits per heavy atom. The van der Waals surface area contributed by atoms with Gasteiger partial charge in [-0.15, -0.1) is 0 Å². The molecule has 0 unspecified atom stereocenters. The molecule has 2 fully saturated rings. The van der Waals surface area contributed by atoms with Crippen LogP contribution in [0.15, 0.2) is 24.3 Å². The number of hydrogen-bond donors (Lipinski definition) is 0. The Kier molecular flexibility index (Phi) is 6.54. The van der Waals surface area contributed by atoms with Crippen molar-refractivity contribution in [1.29, 1.82) is 0 Å². The third-order valence-corrected chi connectivity index (χ3v) is 5.94. The highest BCUT2D eigenvalue weighted by molar-refractivity contribution is 5.78. The topological polar surface area (TPSA) is 36.0 Å². The summed E-state index contributed by atoms with van der Waals surface area (Å²) in [5.74, 6) is 1.81. The molecule has 2 saturated heterocycles. The fourth-order valence-corrected chi connectivity index (χ4v) is 4.17. The van der Waals surface area contributed by atoms with Crippen molar-refractivity contribution >= 4 is 5.91 Å². The zero-order chi connectivity index (χ0) is 18.5. The maximum absolute atomic E-state index is 12.6. The van der Waals surface area contributed by atoms with Crippen molar-refractivity contribution in [2.45, 2.75) is 32.2 Å². The van der Waals surface area contributed by atoms with Crippen molar-refractivity contribution in [2.75, 3.05) is 53.4 Å². The average Bonchev–Trinajstić information content (AvgIpc) is 2.65. The molecule has 1 aromatic carbocycles. The lowest BCUT2D eigenvalue weighted by atomic mass is 9.94. The predicted molar refractivity (Wildman–Crippen MR) is 105 cm³/mol. The zero-order valence-electron chi connectivity index (χ0n) is 16.5. The first-order valence-corrected chi connectivity index (χ1v) is 9.88. The first-order chi connectivity index (χ1) is 12.5. The number of ether oxygens (including phenoxy) is 1. The summed E-state index contributed by atoms with van der Waals surface area (Å²) in [6, 6.07) is 8.46. The molecular formula is C21H33N3O2. The molecule has 1 amide bonds. The Balaban J connectivity index is 1.43. The van der Waals surface area contributed by atoms with Gasteiger partial charge < -0.3 is 14.5 Å². The van der Waals surface area contributed by atoms with Crippen molar-refractivity contribution in [3.8, 4) is 5.75 Å². The second-order valence-electron chi connectivity index (χ2n) is 7.96. The van der Waals surface area contributed by atoms with Crippen LogP contribution >= 0.6 is 0 Å². The Labute approximate surface area is 157 Å². The Morgan fingerprint density at radius 2 is 1.81 bits per heavy atom. The number of hydrogen-bond acceptors (Lipinski definition) is 4. The molecule has 0 bridgehead atoms. The summed E-state index contributed by atoms with van der Waals surface area (Å²) in [5, 5.41) is 0. The van der Waals surface area contributed by atoms with Crippen LogP contribution in [-0.2, 0) is 11.2 Å². The number of rotatable bonds is 5. The van der Waals surface area contributed by atoms with Crippen LogP contribution in [0.1, 0.15) is 25.3 Å². The summed E-state index contributed by atoms with van der Waals surface area (Å²) in [5.41, 5.74) is 1.06. The molecule has 0 saturated carbocycles. The van der Waals surface area contributed by atoms with Crippen LogP contribution < -0.4 is 4.74 Å². The highest BCUT2D eigenvalue weighted by Crippen LogP contribution is 2.22. The number of piperazine rings is 1. The van der Waals surface area contributed by atoms with Gasteiger partial charge in [-0.05, 0) is 50.4 Å². The number of benzene rings is 1. The molecule has 0 spiro atoms. The van der Waals surface area contributed by atoms with Crippen LogP contribution in [0.5, 0.6) is 5.75 Å². The molecule has 26 heavy (non-hydrogen) atoms. The van der Waals surface area contributed by atoms with Crippen molar-refractivity contribution < 1.29 is 9.53 Å². The van der Waals surface area contributed by atoms with E-state index in [0.29, 0.717) is 12.5 Å². The van der Waals surface area contributed by atoms with Gasteiger partial charge in [0.2, 0.25) is 5.91 Å². The highest BCUT2D eigenvalue weighted by atomic mass is 16.5. The Hall–Kier alpha value is -1.59. The molecule has 0 N–H and O–H groups in total. The predicted octanol–water partition coefficient (Wildman–Crippen LogP) is 2.11. The average molecular weight is 360 g/mol. The van der Waals surface area contributed by atoms with Crippen LogP contribution in [-0.4, -0.2) is 80.1 Å². The minimum atomic E-state index is 0.251. The van der Waals surface area contributed by atoms with E-state index in [-0.39, 0.29) is 5.91 Å². The van der Waals surface area contributed by atoms with Gasteiger partial charge >= 0.3 is 0 Å². The van der Waals surface area contributed by atoms with E-state index in [1.807, 2.05) is 29.2 Å². The van der Waals surface area contributed by atoms with Gasteiger partial charge in [0.15, 0.2) is 0 Å². The van der Waals surface area contributed by atoms with E-state index in [1.165, 1.54) is 26.2 Å². The fraction of sp³-hybridized carbons (Fsp3) is 0.667. The third-order valence-electron chi connectivity index (χ3n) is 5.94. The third kappa shape index (κ3) is 4.98. The normalized spacial score (nSPS) is 23.2. The molecule has 1 atom stereocenters. The SMILES string of the molecule is COc1ccc(CC(=O)N2CCC(CN3CCN(C)C[C@H]3C)CC2)cc1. The maximum Gasteiger partial charge on any atom is 0.226 e. The van der Waals surface area contributed by atoms with E-state index >= 15 is 0 Å². The first-order valence-electron chi connectivity index (χ1n) is 9.88. The van der Waals surface area contributed by atoms with Gasteiger partial charge in [-0.1, -0.05) is 12.1 Å². The maximum atomic E-state index is 12.6. The van der Waals surface area contributed by atoms with E-state index in [2.05, 4.69) is 23.8 Å². The van der Waals surface area contributed by atoms with Gasteiger partial charge in [-0.25, -0.2) is 0 Å². The zero-order valence-corrected chi connectivity index (χ0v) is 16.5. The summed E-state index contributed by atoms with van der Waals surface area (Å²) in [4.78, 5) is 19.7. The van der Waals surface area contributed by atoms with Crippen molar-refractivity contribution in [2.24, 2.45) is 5.92 Å². The summed E-state index contributed by atoms with van der Waals surface area (Å²) in [7, 11) is 3.87. The lowest BCUT2D eigenvalue weighted by Gasteiger charge is -2.41. The number of likely N-dealkylation sites (tertiary alicyclic amines) is 1. The number of amides is 1. The first kappa shape index (κ1) is 19.2. The molecule has 2 aliphatic rings. The Bertz CT molecular complexity index is 581. The van der Waals surface area contributed by atoms with Crippen LogP contribution in [0, 0.1) is 5.92 Å². The largest absolute Gasteiger partial charge is 0.497 e. The van der Waals surface area contributed by atoms with Gasteiger partial charge in [-0.3, -0.25) is 9.69 Å². The van der Waals surface area contributed by atoms with Gasteiger partial charge in [0, 0.05) is 45.3 Å². The Morgan fingerprint density at radius 1 is 1.12 bits per heavy atom. The van der Waals surface area contributed by atoms with Gasteiger partial charge in [-0.2, -0.15) is 0 Å². The van der Waals surface area contributed by atoms with E-state index in [4.69, 9.17) is 4.74 Å². The molecule has 0 radical (unpaired) electrons. The minimum Gasteiger partial charge on any atom is -0.497 e. The number of piperidine rings is 1. The lowest BCUT2D eigenvalue weighted by Crippen LogP contribution is -2.52. The molecule has 1 aromatic rings. The summed E-state index contributed by atoms with van der Waals surface area (Å²) in [6.07, 6.45) is 2.75. The molecule has 5 heteroatoms. The van der Waals surface area contributed by atoms with E-state index < -0.39 is 0 Å². The molecule has 2 heterocycles. The van der Waals surface area contributed by atoms with Crippen LogP contribution in [0.3, 0.4) is 0 Å². The summed E-state index contributed by atoms with van der Waals surface area (Å²) in [6.45, 7) is 8.85. The fourth-order valence-electron chi connectivity index (χ4n) is 4.17. The molecule has 144 valence electrons. The number of likely N-dealkylation sites (N-methyl/N-ethyl adjacent to an activating group) is 1. The van der Waals surface area contributed by atoms with Gasteiger partial charge in [0.1, 0.15) is 5.75 Å². The molecule has 5 nitrogen and oxygen atoms in total. The number of methoxy groups -OCH3 is 1. The number of carbonyl (C=O) groups excluding carboxylic acids is 1. The van der Waals surface area contributed by atoms with Gasteiger partial charge in [0.05, 0.1) is 13.5 Å². The second-order valence-corrected chi connectivity index (χ2v) is 7.96. The van der Waals surface area contributed by atoms with Crippen LogP contribution in [0.2, 0.25) is 0 Å². The molecular weight excluding hydrogens is 326 g/mol. The number of carbonyl (C=O) groups is 1. The van der Waals surface area contributed by atoms with E-state index in [1.54, 1.807) is 7.11 Å². The quantitative estimate of drug-likeness (QED) is 0.807. The highest BCUT2D eigenvalue weighted by Gasteiger charge is 2.27. The van der Waals surface area contributed by atoms with Crippen molar-refractivity contribution in [3.05, 3.63) is 29.8 Å². The van der Waals surface area contributed by atoms with E-state index in [0.717, 1.165) is 43.2 Å². The van der Waals surface area contributed by atoms with Crippen LogP contribution in [0.4, 0.5) is 0 Å². The van der Waals surface area contributed by atoms with Crippen LogP contribution in [0.25, 0.3) is 0 Å². The molecule has 2 aliphatic heterocycles. The monoisotopic (exact) mass is 359 g/mol. The molecule has 3 rings (SSSR count). The van der Waals surface area contributed by atoms with Crippen molar-refractivity contribution in [3.63, 3.8) is 0 Å². The minimum absolute atomic E-state index is 0.251. The van der Waals surface area contributed by atoms with Crippen molar-refractivity contribution in [1.82, 2.24) is 14.7 Å². The van der Waals surface area contributed by atoms with Gasteiger partial charge in [0.25, 0.3) is 0 Å². The smallest absolute Gasteiger partial charge is 0.226 e. The summed E-state index contributed by atoms with van der Waals surface area (Å²) < 4.78 is 5.18. The summed E-state index contributed by atoms with van der Waals surface area (Å²) >= 11 is 0.